The Morgan fingerprint density at radius 1 is 1.39 bits per heavy atom. The summed E-state index contributed by atoms with van der Waals surface area (Å²) in [5.74, 6) is 0.376. The molecule has 0 bridgehead atoms. The third-order valence-corrected chi connectivity index (χ3v) is 5.10. The summed E-state index contributed by atoms with van der Waals surface area (Å²) in [5.41, 5.74) is 0.503. The van der Waals surface area contributed by atoms with Gasteiger partial charge in [0, 0.05) is 12.7 Å². The van der Waals surface area contributed by atoms with Gasteiger partial charge in [0.25, 0.3) is 0 Å². The predicted molar refractivity (Wildman–Crippen MR) is 96.4 cm³/mol. The lowest BCUT2D eigenvalue weighted by molar-refractivity contribution is -0.115. The average molecular weight is 372 g/mol. The molecule has 0 aliphatic carbocycles. The zero-order valence-corrected chi connectivity index (χ0v) is 15.4. The lowest BCUT2D eigenvalue weighted by Gasteiger charge is -2.10. The highest BCUT2D eigenvalue weighted by Crippen LogP contribution is 2.30. The second-order valence-electron chi connectivity index (χ2n) is 5.24. The van der Waals surface area contributed by atoms with Crippen molar-refractivity contribution in [3.63, 3.8) is 0 Å². The first-order valence-electron chi connectivity index (χ1n) is 7.11. The molecule has 1 atom stereocenters. The number of nitrogens with one attached hydrogen (secondary N) is 2. The molecular formula is C14H18ClN5OS2. The SMILES string of the molecule is CC(C)CNc1nnc(S[C@H](C)C(=O)Nc2cccnc2Cl)s1. The van der Waals surface area contributed by atoms with Crippen molar-refractivity contribution in [2.75, 3.05) is 17.2 Å². The van der Waals surface area contributed by atoms with Crippen molar-refractivity contribution in [3.8, 4) is 0 Å². The molecule has 2 aromatic heterocycles. The fourth-order valence-electron chi connectivity index (χ4n) is 1.54. The number of halogens is 1. The van der Waals surface area contributed by atoms with Crippen LogP contribution in [0.15, 0.2) is 22.7 Å². The van der Waals surface area contributed by atoms with Gasteiger partial charge in [-0.3, -0.25) is 4.79 Å². The van der Waals surface area contributed by atoms with Gasteiger partial charge in [0.2, 0.25) is 11.0 Å². The van der Waals surface area contributed by atoms with E-state index in [0.29, 0.717) is 11.6 Å². The third-order valence-electron chi connectivity index (χ3n) is 2.73. The molecule has 2 aromatic rings. The number of carbonyl (C=O) groups excluding carboxylic acids is 1. The molecule has 0 fully saturated rings. The smallest absolute Gasteiger partial charge is 0.237 e. The lowest BCUT2D eigenvalue weighted by Crippen LogP contribution is -2.22. The van der Waals surface area contributed by atoms with Crippen LogP contribution in [-0.2, 0) is 4.79 Å². The van der Waals surface area contributed by atoms with Crippen LogP contribution in [-0.4, -0.2) is 32.9 Å². The highest BCUT2D eigenvalue weighted by molar-refractivity contribution is 8.02. The lowest BCUT2D eigenvalue weighted by atomic mass is 10.2. The second-order valence-corrected chi connectivity index (χ2v) is 8.16. The molecule has 0 saturated heterocycles. The van der Waals surface area contributed by atoms with E-state index in [1.54, 1.807) is 18.3 Å². The minimum Gasteiger partial charge on any atom is -0.360 e. The fourth-order valence-corrected chi connectivity index (χ4v) is 3.61. The van der Waals surface area contributed by atoms with E-state index >= 15 is 0 Å². The van der Waals surface area contributed by atoms with Gasteiger partial charge in [-0.25, -0.2) is 4.98 Å². The van der Waals surface area contributed by atoms with Crippen molar-refractivity contribution < 1.29 is 4.79 Å². The first-order valence-corrected chi connectivity index (χ1v) is 9.18. The minimum absolute atomic E-state index is 0.156. The number of rotatable bonds is 7. The standard InChI is InChI=1S/C14H18ClN5OS2/c1-8(2)7-17-13-19-20-14(23-13)22-9(3)12(21)18-10-5-4-6-16-11(10)15/h4-6,8-9H,7H2,1-3H3,(H,17,19)(H,18,21)/t9-/m1/s1. The topological polar surface area (TPSA) is 79.8 Å². The summed E-state index contributed by atoms with van der Waals surface area (Å²) in [6, 6.07) is 3.43. The van der Waals surface area contributed by atoms with E-state index in [4.69, 9.17) is 11.6 Å². The van der Waals surface area contributed by atoms with Crippen molar-refractivity contribution >= 4 is 51.4 Å². The number of thioether (sulfide) groups is 1. The molecule has 2 rings (SSSR count). The maximum absolute atomic E-state index is 12.2. The van der Waals surface area contributed by atoms with Crippen molar-refractivity contribution in [2.24, 2.45) is 5.92 Å². The van der Waals surface area contributed by atoms with Crippen molar-refractivity contribution in [1.82, 2.24) is 15.2 Å². The quantitative estimate of drug-likeness (QED) is 0.569. The Bertz CT molecular complexity index is 664. The molecule has 6 nitrogen and oxygen atoms in total. The summed E-state index contributed by atoms with van der Waals surface area (Å²) < 4.78 is 0.746. The summed E-state index contributed by atoms with van der Waals surface area (Å²) >= 11 is 8.74. The molecule has 124 valence electrons. The largest absolute Gasteiger partial charge is 0.360 e. The van der Waals surface area contributed by atoms with E-state index < -0.39 is 0 Å². The number of anilines is 2. The average Bonchev–Trinajstić information content (AvgIpc) is 2.95. The number of pyridine rings is 1. The van der Waals surface area contributed by atoms with Crippen LogP contribution in [0.5, 0.6) is 0 Å². The molecule has 0 radical (unpaired) electrons. The van der Waals surface area contributed by atoms with Crippen LogP contribution in [0.25, 0.3) is 0 Å². The third kappa shape index (κ3) is 5.63. The van der Waals surface area contributed by atoms with E-state index in [9.17, 15) is 4.79 Å². The molecule has 0 aliphatic rings. The van der Waals surface area contributed by atoms with Gasteiger partial charge in [-0.1, -0.05) is 48.5 Å². The van der Waals surface area contributed by atoms with Gasteiger partial charge >= 0.3 is 0 Å². The van der Waals surface area contributed by atoms with E-state index in [1.807, 2.05) is 6.92 Å². The molecule has 2 heterocycles. The number of nitrogens with zero attached hydrogens (tertiary/aromatic N) is 3. The van der Waals surface area contributed by atoms with Gasteiger partial charge < -0.3 is 10.6 Å². The molecule has 0 aliphatic heterocycles. The maximum Gasteiger partial charge on any atom is 0.237 e. The van der Waals surface area contributed by atoms with Crippen molar-refractivity contribution in [1.29, 1.82) is 0 Å². The van der Waals surface area contributed by atoms with Crippen LogP contribution in [0.1, 0.15) is 20.8 Å². The Kier molecular flexibility index (Phi) is 6.61. The molecule has 1 amide bonds. The summed E-state index contributed by atoms with van der Waals surface area (Å²) in [6.45, 7) is 6.90. The molecule has 9 heteroatoms. The number of carbonyl (C=O) groups is 1. The van der Waals surface area contributed by atoms with Gasteiger partial charge in [-0.2, -0.15) is 0 Å². The van der Waals surface area contributed by atoms with Crippen LogP contribution in [0.4, 0.5) is 10.8 Å². The van der Waals surface area contributed by atoms with E-state index in [0.717, 1.165) is 16.0 Å². The van der Waals surface area contributed by atoms with Crippen molar-refractivity contribution in [2.45, 2.75) is 30.4 Å². The summed E-state index contributed by atoms with van der Waals surface area (Å²) in [4.78, 5) is 16.1. The number of aromatic nitrogens is 3. The Balaban J connectivity index is 1.90. The first kappa shape index (κ1) is 18.0. The molecule has 2 N–H and O–H groups in total. The van der Waals surface area contributed by atoms with Crippen LogP contribution < -0.4 is 10.6 Å². The van der Waals surface area contributed by atoms with Crippen LogP contribution in [0.3, 0.4) is 0 Å². The van der Waals surface area contributed by atoms with Crippen LogP contribution in [0, 0.1) is 5.92 Å². The summed E-state index contributed by atoms with van der Waals surface area (Å²) in [7, 11) is 0. The highest BCUT2D eigenvalue weighted by Gasteiger charge is 2.18. The van der Waals surface area contributed by atoms with E-state index in [-0.39, 0.29) is 16.3 Å². The van der Waals surface area contributed by atoms with Gasteiger partial charge in [0.05, 0.1) is 10.9 Å². The molecule has 23 heavy (non-hydrogen) atoms. The van der Waals surface area contributed by atoms with E-state index in [2.05, 4.69) is 39.7 Å². The van der Waals surface area contributed by atoms with Gasteiger partial charge in [-0.05, 0) is 25.0 Å². The number of hydrogen-bond donors (Lipinski definition) is 2. The molecule has 0 unspecified atom stereocenters. The Morgan fingerprint density at radius 2 is 2.17 bits per heavy atom. The molecule has 0 spiro atoms. The highest BCUT2D eigenvalue weighted by atomic mass is 35.5. The van der Waals surface area contributed by atoms with Gasteiger partial charge in [-0.15, -0.1) is 10.2 Å². The zero-order chi connectivity index (χ0) is 16.8. The molecule has 0 aromatic carbocycles. The number of hydrogen-bond acceptors (Lipinski definition) is 7. The van der Waals surface area contributed by atoms with Crippen molar-refractivity contribution in [3.05, 3.63) is 23.5 Å². The normalized spacial score (nSPS) is 12.2. The summed E-state index contributed by atoms with van der Waals surface area (Å²) in [5, 5.41) is 14.9. The van der Waals surface area contributed by atoms with Crippen LogP contribution in [0.2, 0.25) is 5.15 Å². The Labute approximate surface area is 148 Å². The Morgan fingerprint density at radius 3 is 2.87 bits per heavy atom. The maximum atomic E-state index is 12.2. The predicted octanol–water partition coefficient (Wildman–Crippen LogP) is 3.77. The van der Waals surface area contributed by atoms with Crippen LogP contribution >= 0.6 is 34.7 Å². The second kappa shape index (κ2) is 8.47. The first-order chi connectivity index (χ1) is 11.0. The monoisotopic (exact) mass is 371 g/mol. The molecular weight excluding hydrogens is 354 g/mol. The van der Waals surface area contributed by atoms with Gasteiger partial charge in [0.1, 0.15) is 0 Å². The number of amides is 1. The zero-order valence-electron chi connectivity index (χ0n) is 13.0. The minimum atomic E-state index is -0.322. The Hall–Kier alpha value is -1.38. The van der Waals surface area contributed by atoms with Gasteiger partial charge in [0.15, 0.2) is 9.49 Å². The molecule has 0 saturated carbocycles. The fraction of sp³-hybridized carbons (Fsp3) is 0.429. The summed E-state index contributed by atoms with van der Waals surface area (Å²) in [6.07, 6.45) is 1.57. The van der Waals surface area contributed by atoms with E-state index in [1.165, 1.54) is 23.1 Å².